The number of fused-ring (bicyclic) bond motifs is 1. The van der Waals surface area contributed by atoms with E-state index in [4.69, 9.17) is 5.73 Å². The molecule has 136 valence electrons. The average Bonchev–Trinajstić information content (AvgIpc) is 3.32. The molecule has 1 unspecified atom stereocenters. The van der Waals surface area contributed by atoms with Crippen molar-refractivity contribution in [3.05, 3.63) is 34.8 Å². The SMILES string of the molecule is Nc1nc(N2CCCC(CNC(=O)Cc3cccs3)C2)cc2nncn12. The van der Waals surface area contributed by atoms with Gasteiger partial charge in [-0.05, 0) is 30.2 Å². The van der Waals surface area contributed by atoms with E-state index >= 15 is 0 Å². The lowest BCUT2D eigenvalue weighted by Crippen LogP contribution is -2.41. The van der Waals surface area contributed by atoms with Gasteiger partial charge in [0.05, 0.1) is 6.42 Å². The molecule has 9 heteroatoms. The molecule has 0 bridgehead atoms. The van der Waals surface area contributed by atoms with Gasteiger partial charge in [0.25, 0.3) is 0 Å². The number of piperidine rings is 1. The first-order valence-corrected chi connectivity index (χ1v) is 9.57. The number of nitrogen functional groups attached to an aromatic ring is 1. The minimum atomic E-state index is 0.0804. The van der Waals surface area contributed by atoms with Gasteiger partial charge in [-0.25, -0.2) is 0 Å². The van der Waals surface area contributed by atoms with Crippen molar-refractivity contribution in [1.82, 2.24) is 24.9 Å². The van der Waals surface area contributed by atoms with Crippen LogP contribution in [0.25, 0.3) is 5.65 Å². The van der Waals surface area contributed by atoms with Crippen molar-refractivity contribution >= 4 is 34.7 Å². The Hall–Kier alpha value is -2.68. The van der Waals surface area contributed by atoms with E-state index < -0.39 is 0 Å². The highest BCUT2D eigenvalue weighted by molar-refractivity contribution is 7.10. The number of thiophene rings is 1. The van der Waals surface area contributed by atoms with Crippen LogP contribution >= 0.6 is 11.3 Å². The zero-order valence-electron chi connectivity index (χ0n) is 14.3. The minimum absolute atomic E-state index is 0.0804. The molecule has 0 aromatic carbocycles. The van der Waals surface area contributed by atoms with Gasteiger partial charge in [0, 0.05) is 30.6 Å². The molecule has 1 saturated heterocycles. The van der Waals surface area contributed by atoms with Crippen molar-refractivity contribution in [1.29, 1.82) is 0 Å². The van der Waals surface area contributed by atoms with Crippen molar-refractivity contribution in [2.45, 2.75) is 19.3 Å². The van der Waals surface area contributed by atoms with Crippen LogP contribution < -0.4 is 16.0 Å². The number of carbonyl (C=O) groups is 1. The van der Waals surface area contributed by atoms with Crippen LogP contribution in [-0.4, -0.2) is 45.1 Å². The quantitative estimate of drug-likeness (QED) is 0.702. The molecule has 26 heavy (non-hydrogen) atoms. The minimum Gasteiger partial charge on any atom is -0.369 e. The standard InChI is InChI=1S/C17H21N7OS/c18-17-21-14(8-15-22-20-11-24(15)17)23-5-1-3-12(10-23)9-19-16(25)7-13-4-2-6-26-13/h2,4,6,8,11-12H,1,3,5,7,9-10H2,(H2,18,21)(H,19,25). The van der Waals surface area contributed by atoms with Crippen LogP contribution in [0, 0.1) is 5.92 Å². The highest BCUT2D eigenvalue weighted by Crippen LogP contribution is 2.23. The molecule has 4 rings (SSSR count). The van der Waals surface area contributed by atoms with E-state index in [-0.39, 0.29) is 5.91 Å². The van der Waals surface area contributed by atoms with Gasteiger partial charge in [-0.15, -0.1) is 21.5 Å². The van der Waals surface area contributed by atoms with E-state index in [9.17, 15) is 4.79 Å². The first-order valence-electron chi connectivity index (χ1n) is 8.69. The van der Waals surface area contributed by atoms with Gasteiger partial charge < -0.3 is 16.0 Å². The van der Waals surface area contributed by atoms with Gasteiger partial charge >= 0.3 is 0 Å². The molecule has 3 aromatic rings. The van der Waals surface area contributed by atoms with E-state index in [1.54, 1.807) is 22.1 Å². The summed E-state index contributed by atoms with van der Waals surface area (Å²) in [6, 6.07) is 5.86. The largest absolute Gasteiger partial charge is 0.369 e. The van der Waals surface area contributed by atoms with Crippen molar-refractivity contribution in [3.63, 3.8) is 0 Å². The second-order valence-corrected chi connectivity index (χ2v) is 7.58. The van der Waals surface area contributed by atoms with Crippen LogP contribution in [0.4, 0.5) is 11.8 Å². The summed E-state index contributed by atoms with van der Waals surface area (Å²) in [5, 5.41) is 13.0. The molecule has 3 N–H and O–H groups in total. The van der Waals surface area contributed by atoms with Crippen LogP contribution in [0.3, 0.4) is 0 Å². The van der Waals surface area contributed by atoms with Crippen molar-refractivity contribution in [2.75, 3.05) is 30.3 Å². The molecule has 1 atom stereocenters. The summed E-state index contributed by atoms with van der Waals surface area (Å²) < 4.78 is 1.66. The number of amides is 1. The summed E-state index contributed by atoms with van der Waals surface area (Å²) in [4.78, 5) is 19.9. The Kier molecular flexibility index (Phi) is 4.70. The lowest BCUT2D eigenvalue weighted by Gasteiger charge is -2.33. The van der Waals surface area contributed by atoms with Crippen LogP contribution in [0.2, 0.25) is 0 Å². The highest BCUT2D eigenvalue weighted by atomic mass is 32.1. The predicted octanol–water partition coefficient (Wildman–Crippen LogP) is 1.34. The second-order valence-electron chi connectivity index (χ2n) is 6.55. The first kappa shape index (κ1) is 16.8. The van der Waals surface area contributed by atoms with Crippen molar-refractivity contribution < 1.29 is 4.79 Å². The molecule has 1 amide bonds. The molecule has 0 saturated carbocycles. The van der Waals surface area contributed by atoms with E-state index in [1.165, 1.54) is 0 Å². The third kappa shape index (κ3) is 3.62. The Morgan fingerprint density at radius 2 is 2.38 bits per heavy atom. The zero-order valence-corrected chi connectivity index (χ0v) is 15.2. The number of carbonyl (C=O) groups excluding carboxylic acids is 1. The Labute approximate surface area is 155 Å². The lowest BCUT2D eigenvalue weighted by molar-refractivity contribution is -0.120. The predicted molar refractivity (Wildman–Crippen MR) is 101 cm³/mol. The summed E-state index contributed by atoms with van der Waals surface area (Å²) in [7, 11) is 0. The molecule has 1 fully saturated rings. The summed E-state index contributed by atoms with van der Waals surface area (Å²) in [6.07, 6.45) is 4.17. The number of nitrogens with one attached hydrogen (secondary N) is 1. The van der Waals surface area contributed by atoms with Crippen molar-refractivity contribution in [3.8, 4) is 0 Å². The van der Waals surface area contributed by atoms with E-state index in [1.807, 2.05) is 23.6 Å². The van der Waals surface area contributed by atoms with Crippen LogP contribution in [0.1, 0.15) is 17.7 Å². The maximum Gasteiger partial charge on any atom is 0.225 e. The molecule has 8 nitrogen and oxygen atoms in total. The monoisotopic (exact) mass is 371 g/mol. The summed E-state index contributed by atoms with van der Waals surface area (Å²) in [6.45, 7) is 2.45. The maximum atomic E-state index is 12.1. The van der Waals surface area contributed by atoms with Crippen LogP contribution in [0.5, 0.6) is 0 Å². The normalized spacial score (nSPS) is 17.5. The lowest BCUT2D eigenvalue weighted by atomic mass is 9.98. The van der Waals surface area contributed by atoms with Gasteiger partial charge in [0.15, 0.2) is 5.65 Å². The fraction of sp³-hybridized carbons (Fsp3) is 0.412. The summed E-state index contributed by atoms with van der Waals surface area (Å²) in [5.41, 5.74) is 6.69. The molecule has 1 aliphatic heterocycles. The summed E-state index contributed by atoms with van der Waals surface area (Å²) in [5.74, 6) is 1.68. The van der Waals surface area contributed by atoms with E-state index in [0.717, 1.165) is 36.6 Å². The fourth-order valence-electron chi connectivity index (χ4n) is 3.33. The van der Waals surface area contributed by atoms with E-state index in [0.29, 0.717) is 30.5 Å². The third-order valence-corrected chi connectivity index (χ3v) is 5.53. The molecule has 3 aromatic heterocycles. The van der Waals surface area contributed by atoms with Crippen LogP contribution in [0.15, 0.2) is 29.9 Å². The number of aromatic nitrogens is 4. The third-order valence-electron chi connectivity index (χ3n) is 4.65. The van der Waals surface area contributed by atoms with E-state index in [2.05, 4.69) is 25.4 Å². The van der Waals surface area contributed by atoms with Gasteiger partial charge in [0.2, 0.25) is 11.9 Å². The molecule has 0 aliphatic carbocycles. The highest BCUT2D eigenvalue weighted by Gasteiger charge is 2.22. The Morgan fingerprint density at radius 1 is 1.46 bits per heavy atom. The molecule has 4 heterocycles. The van der Waals surface area contributed by atoms with Crippen molar-refractivity contribution in [2.24, 2.45) is 5.92 Å². The average molecular weight is 371 g/mol. The zero-order chi connectivity index (χ0) is 17.9. The number of hydrogen-bond donors (Lipinski definition) is 2. The second kappa shape index (κ2) is 7.28. The van der Waals surface area contributed by atoms with Gasteiger partial charge in [-0.2, -0.15) is 4.98 Å². The number of rotatable bonds is 5. The Morgan fingerprint density at radius 3 is 3.23 bits per heavy atom. The van der Waals surface area contributed by atoms with Gasteiger partial charge in [0.1, 0.15) is 12.1 Å². The van der Waals surface area contributed by atoms with Crippen LogP contribution in [-0.2, 0) is 11.2 Å². The summed E-state index contributed by atoms with van der Waals surface area (Å²) >= 11 is 1.61. The first-order chi connectivity index (χ1) is 12.7. The number of nitrogens with zero attached hydrogens (tertiary/aromatic N) is 5. The number of nitrogens with two attached hydrogens (primary N) is 1. The number of hydrogen-bond acceptors (Lipinski definition) is 7. The maximum absolute atomic E-state index is 12.1. The van der Waals surface area contributed by atoms with Gasteiger partial charge in [-0.3, -0.25) is 9.20 Å². The Bertz CT molecular complexity index is 892. The molecule has 0 spiro atoms. The molecule has 0 radical (unpaired) electrons. The fourth-order valence-corrected chi connectivity index (χ4v) is 4.04. The molecular formula is C17H21N7OS. The smallest absolute Gasteiger partial charge is 0.225 e. The topological polar surface area (TPSA) is 101 Å². The molecule has 1 aliphatic rings. The Balaban J connectivity index is 1.36. The van der Waals surface area contributed by atoms with Gasteiger partial charge in [-0.1, -0.05) is 6.07 Å². The molecular weight excluding hydrogens is 350 g/mol. The number of anilines is 2.